The number of halogens is 1. The zero-order valence-corrected chi connectivity index (χ0v) is 20.9. The molecule has 0 fully saturated rings. The largest absolute Gasteiger partial charge is 0.443 e. The molecule has 0 N–H and O–H groups in total. The molecule has 0 saturated carbocycles. The number of ether oxygens (including phenoxy) is 1. The predicted octanol–water partition coefficient (Wildman–Crippen LogP) is 6.91. The monoisotopic (exact) mass is 482 g/mol. The minimum atomic E-state index is -0.655. The van der Waals surface area contributed by atoms with E-state index in [1.54, 1.807) is 23.0 Å². The Morgan fingerprint density at radius 3 is 2.44 bits per heavy atom. The molecule has 0 saturated heterocycles. The van der Waals surface area contributed by atoms with Gasteiger partial charge in [0.05, 0.1) is 16.7 Å². The molecule has 0 unspecified atom stereocenters. The first-order chi connectivity index (χ1) is 17.1. The standard InChI is InChI=1S/C29H27FN4O2/c1-29(2,3)36-28(35)34-25-9-6-18(22-11-13-31-24-8-7-21(30)17-23(22)24)14-20(25)15-26(34)19-10-12-32-27(16-19)33(4)5/h6-17H,1-5H3. The minimum absolute atomic E-state index is 0.314. The SMILES string of the molecule is CN(C)c1cc(-c2cc3cc(-c4ccnc5ccc(F)cc45)ccc3n2C(=O)OC(C)(C)C)ccn1. The molecular weight excluding hydrogens is 455 g/mol. The van der Waals surface area contributed by atoms with Gasteiger partial charge in [-0.05, 0) is 86.5 Å². The van der Waals surface area contributed by atoms with Gasteiger partial charge in [0.25, 0.3) is 0 Å². The summed E-state index contributed by atoms with van der Waals surface area (Å²) in [5, 5.41) is 1.59. The number of rotatable bonds is 3. The van der Waals surface area contributed by atoms with Crippen LogP contribution in [-0.2, 0) is 4.74 Å². The van der Waals surface area contributed by atoms with Gasteiger partial charge in [0, 0.05) is 42.8 Å². The molecule has 3 heterocycles. The summed E-state index contributed by atoms with van der Waals surface area (Å²) < 4.78 is 21.4. The number of aromatic nitrogens is 3. The van der Waals surface area contributed by atoms with Crippen molar-refractivity contribution < 1.29 is 13.9 Å². The van der Waals surface area contributed by atoms with Crippen molar-refractivity contribution in [2.75, 3.05) is 19.0 Å². The summed E-state index contributed by atoms with van der Waals surface area (Å²) in [6.07, 6.45) is 2.99. The molecule has 5 aromatic rings. The second-order valence-electron chi connectivity index (χ2n) is 9.94. The summed E-state index contributed by atoms with van der Waals surface area (Å²) in [5.41, 5.74) is 4.09. The summed E-state index contributed by atoms with van der Waals surface area (Å²) in [6, 6.07) is 18.1. The Morgan fingerprint density at radius 2 is 1.69 bits per heavy atom. The summed E-state index contributed by atoms with van der Waals surface area (Å²) in [4.78, 5) is 24.1. The molecule has 7 heteroatoms. The maximum absolute atomic E-state index is 14.1. The number of carbonyl (C=O) groups excluding carboxylic acids is 1. The highest BCUT2D eigenvalue weighted by atomic mass is 19.1. The van der Waals surface area contributed by atoms with Crippen molar-refractivity contribution in [1.29, 1.82) is 0 Å². The number of nitrogens with zero attached hydrogens (tertiary/aromatic N) is 4. The van der Waals surface area contributed by atoms with Crippen LogP contribution in [0, 0.1) is 5.82 Å². The smallest absolute Gasteiger partial charge is 0.419 e. The number of hydrogen-bond donors (Lipinski definition) is 0. The van der Waals surface area contributed by atoms with E-state index in [2.05, 4.69) is 9.97 Å². The first-order valence-corrected chi connectivity index (χ1v) is 11.7. The fourth-order valence-corrected chi connectivity index (χ4v) is 4.29. The summed E-state index contributed by atoms with van der Waals surface area (Å²) in [7, 11) is 3.84. The molecule has 0 aliphatic carbocycles. The molecule has 2 aromatic carbocycles. The van der Waals surface area contributed by atoms with Crippen molar-refractivity contribution in [3.05, 3.63) is 78.9 Å². The highest BCUT2D eigenvalue weighted by Gasteiger charge is 2.23. The fraction of sp³-hybridized carbons (Fsp3) is 0.207. The highest BCUT2D eigenvalue weighted by Crippen LogP contribution is 2.35. The van der Waals surface area contributed by atoms with Crippen LogP contribution in [0.25, 0.3) is 44.2 Å². The van der Waals surface area contributed by atoms with Gasteiger partial charge in [-0.2, -0.15) is 0 Å². The number of anilines is 1. The summed E-state index contributed by atoms with van der Waals surface area (Å²) in [6.45, 7) is 5.54. The van der Waals surface area contributed by atoms with E-state index in [1.165, 1.54) is 12.1 Å². The topological polar surface area (TPSA) is 60.2 Å². The lowest BCUT2D eigenvalue weighted by molar-refractivity contribution is 0.0547. The third-order valence-corrected chi connectivity index (χ3v) is 5.89. The van der Waals surface area contributed by atoms with Gasteiger partial charge in [-0.15, -0.1) is 0 Å². The van der Waals surface area contributed by atoms with Crippen LogP contribution in [0.4, 0.5) is 15.0 Å². The molecule has 3 aromatic heterocycles. The number of benzene rings is 2. The Balaban J connectivity index is 1.72. The van der Waals surface area contributed by atoms with Crippen LogP contribution in [0.5, 0.6) is 0 Å². The van der Waals surface area contributed by atoms with Crippen molar-refractivity contribution in [2.24, 2.45) is 0 Å². The maximum Gasteiger partial charge on any atom is 0.419 e. The number of carbonyl (C=O) groups is 1. The van der Waals surface area contributed by atoms with Crippen molar-refractivity contribution in [1.82, 2.24) is 14.5 Å². The van der Waals surface area contributed by atoms with Gasteiger partial charge in [0.15, 0.2) is 0 Å². The Bertz CT molecular complexity index is 1620. The molecule has 0 atom stereocenters. The van der Waals surface area contributed by atoms with Crippen molar-refractivity contribution in [3.63, 3.8) is 0 Å². The molecule has 0 aliphatic rings. The van der Waals surface area contributed by atoms with Gasteiger partial charge < -0.3 is 9.64 Å². The second-order valence-corrected chi connectivity index (χ2v) is 9.94. The Morgan fingerprint density at radius 1 is 0.917 bits per heavy atom. The first kappa shape index (κ1) is 23.5. The van der Waals surface area contributed by atoms with E-state index in [1.807, 2.05) is 82.2 Å². The number of fused-ring (bicyclic) bond motifs is 2. The first-order valence-electron chi connectivity index (χ1n) is 11.7. The highest BCUT2D eigenvalue weighted by molar-refractivity contribution is 6.01. The molecule has 0 bridgehead atoms. The Hall–Kier alpha value is -4.26. The van der Waals surface area contributed by atoms with Crippen molar-refractivity contribution in [3.8, 4) is 22.4 Å². The van der Waals surface area contributed by atoms with Crippen LogP contribution in [0.2, 0.25) is 0 Å². The molecule has 0 aliphatic heterocycles. The summed E-state index contributed by atoms with van der Waals surface area (Å²) >= 11 is 0. The van der Waals surface area contributed by atoms with Crippen molar-refractivity contribution in [2.45, 2.75) is 26.4 Å². The molecule has 36 heavy (non-hydrogen) atoms. The third-order valence-electron chi connectivity index (χ3n) is 5.89. The van der Waals surface area contributed by atoms with Crippen LogP contribution in [0.15, 0.2) is 73.1 Å². The minimum Gasteiger partial charge on any atom is -0.443 e. The fourth-order valence-electron chi connectivity index (χ4n) is 4.29. The van der Waals surface area contributed by atoms with E-state index >= 15 is 0 Å². The molecule has 182 valence electrons. The lowest BCUT2D eigenvalue weighted by atomic mass is 10.00. The third kappa shape index (κ3) is 4.40. The van der Waals surface area contributed by atoms with Crippen LogP contribution >= 0.6 is 0 Å². The Kier molecular flexibility index (Phi) is 5.71. The van der Waals surface area contributed by atoms with Crippen LogP contribution in [-0.4, -0.2) is 40.3 Å². The van der Waals surface area contributed by atoms with Crippen LogP contribution in [0.1, 0.15) is 20.8 Å². The predicted molar refractivity (Wildman–Crippen MR) is 142 cm³/mol. The van der Waals surface area contributed by atoms with E-state index in [0.717, 1.165) is 38.8 Å². The van der Waals surface area contributed by atoms with Gasteiger partial charge in [-0.3, -0.25) is 4.98 Å². The quantitative estimate of drug-likeness (QED) is 0.280. The molecule has 5 rings (SSSR count). The average molecular weight is 483 g/mol. The molecule has 0 amide bonds. The van der Waals surface area contributed by atoms with Gasteiger partial charge in [-0.1, -0.05) is 6.07 Å². The molecule has 0 spiro atoms. The normalized spacial score (nSPS) is 11.7. The van der Waals surface area contributed by atoms with Gasteiger partial charge in [0.2, 0.25) is 0 Å². The van der Waals surface area contributed by atoms with E-state index in [0.29, 0.717) is 11.2 Å². The lowest BCUT2D eigenvalue weighted by Gasteiger charge is -2.21. The summed E-state index contributed by atoms with van der Waals surface area (Å²) in [5.74, 6) is 0.463. The van der Waals surface area contributed by atoms with Crippen LogP contribution < -0.4 is 4.90 Å². The Labute approximate surface area is 209 Å². The van der Waals surface area contributed by atoms with E-state index in [-0.39, 0.29) is 5.82 Å². The molecular formula is C29H27FN4O2. The average Bonchev–Trinajstić information content (AvgIpc) is 3.21. The number of pyridine rings is 2. The van der Waals surface area contributed by atoms with Crippen molar-refractivity contribution >= 4 is 33.7 Å². The van der Waals surface area contributed by atoms with Gasteiger partial charge in [-0.25, -0.2) is 18.7 Å². The zero-order chi connectivity index (χ0) is 25.6. The molecule has 6 nitrogen and oxygen atoms in total. The van der Waals surface area contributed by atoms with Gasteiger partial charge >= 0.3 is 6.09 Å². The zero-order valence-electron chi connectivity index (χ0n) is 20.9. The van der Waals surface area contributed by atoms with Crippen LogP contribution in [0.3, 0.4) is 0 Å². The van der Waals surface area contributed by atoms with E-state index in [4.69, 9.17) is 4.74 Å². The number of hydrogen-bond acceptors (Lipinski definition) is 5. The van der Waals surface area contributed by atoms with E-state index in [9.17, 15) is 9.18 Å². The van der Waals surface area contributed by atoms with E-state index < -0.39 is 11.7 Å². The molecule has 0 radical (unpaired) electrons. The van der Waals surface area contributed by atoms with Gasteiger partial charge in [0.1, 0.15) is 17.2 Å². The second kappa shape index (κ2) is 8.75. The maximum atomic E-state index is 14.1. The lowest BCUT2D eigenvalue weighted by Crippen LogP contribution is -2.27.